The Balaban J connectivity index is 2.32. The van der Waals surface area contributed by atoms with Gasteiger partial charge in [0.15, 0.2) is 0 Å². The average Bonchev–Trinajstić information content (AvgIpc) is 2.37. The van der Waals surface area contributed by atoms with Crippen LogP contribution >= 0.6 is 0 Å². The number of hydrogen-bond donors (Lipinski definition) is 1. The van der Waals surface area contributed by atoms with Crippen LogP contribution in [0.15, 0.2) is 0 Å². The standard InChI is InChI=1S/C13H22N2O5/c1-14(2)11(16)4-3-5-12(17)15-6-7-20-10(9-15)8-13(18)19/h10H,3-9H2,1-2H3,(H,18,19). The molecule has 0 radical (unpaired) electrons. The van der Waals surface area contributed by atoms with Crippen molar-refractivity contribution >= 4 is 17.8 Å². The summed E-state index contributed by atoms with van der Waals surface area (Å²) in [6.07, 6.45) is 0.634. The second-order valence-electron chi connectivity index (χ2n) is 5.07. The maximum atomic E-state index is 12.0. The molecule has 1 aliphatic rings. The quantitative estimate of drug-likeness (QED) is 0.739. The lowest BCUT2D eigenvalue weighted by Crippen LogP contribution is -2.46. The molecule has 1 heterocycles. The van der Waals surface area contributed by atoms with E-state index < -0.39 is 12.1 Å². The minimum absolute atomic E-state index is 0.00327. The number of carbonyl (C=O) groups is 3. The molecule has 1 atom stereocenters. The number of carbonyl (C=O) groups excluding carboxylic acids is 2. The second kappa shape index (κ2) is 7.84. The van der Waals surface area contributed by atoms with Gasteiger partial charge in [-0.2, -0.15) is 0 Å². The van der Waals surface area contributed by atoms with E-state index in [0.29, 0.717) is 39.0 Å². The summed E-state index contributed by atoms with van der Waals surface area (Å²) in [5.74, 6) is -0.973. The van der Waals surface area contributed by atoms with E-state index in [1.165, 1.54) is 4.90 Å². The lowest BCUT2D eigenvalue weighted by molar-refractivity contribution is -0.147. The number of carboxylic acid groups (broad SMARTS) is 1. The summed E-state index contributed by atoms with van der Waals surface area (Å²) in [7, 11) is 3.37. The van der Waals surface area contributed by atoms with Gasteiger partial charge in [-0.3, -0.25) is 14.4 Å². The second-order valence-corrected chi connectivity index (χ2v) is 5.07. The highest BCUT2D eigenvalue weighted by atomic mass is 16.5. The zero-order chi connectivity index (χ0) is 15.1. The summed E-state index contributed by atoms with van der Waals surface area (Å²) in [5.41, 5.74) is 0. The fourth-order valence-electron chi connectivity index (χ4n) is 2.04. The molecule has 0 aromatic heterocycles. The average molecular weight is 286 g/mol. The Bertz CT molecular complexity index is 370. The maximum absolute atomic E-state index is 12.0. The first-order valence-corrected chi connectivity index (χ1v) is 6.71. The van der Waals surface area contributed by atoms with Crippen LogP contribution in [0, 0.1) is 0 Å². The molecule has 0 spiro atoms. The molecular formula is C13H22N2O5. The van der Waals surface area contributed by atoms with Crippen LogP contribution in [-0.2, 0) is 19.1 Å². The number of nitrogens with zero attached hydrogens (tertiary/aromatic N) is 2. The summed E-state index contributed by atoms with van der Waals surface area (Å²) >= 11 is 0. The Kier molecular flexibility index (Phi) is 6.44. The molecule has 0 aromatic carbocycles. The fourth-order valence-corrected chi connectivity index (χ4v) is 2.04. The van der Waals surface area contributed by atoms with Crippen LogP contribution in [0.3, 0.4) is 0 Å². The Labute approximate surface area is 118 Å². The van der Waals surface area contributed by atoms with E-state index in [4.69, 9.17) is 9.84 Å². The highest BCUT2D eigenvalue weighted by molar-refractivity contribution is 5.79. The zero-order valence-electron chi connectivity index (χ0n) is 12.0. The summed E-state index contributed by atoms with van der Waals surface area (Å²) in [4.78, 5) is 37.1. The van der Waals surface area contributed by atoms with Gasteiger partial charge in [-0.15, -0.1) is 0 Å². The van der Waals surface area contributed by atoms with Gasteiger partial charge in [0.2, 0.25) is 11.8 Å². The van der Waals surface area contributed by atoms with Crippen LogP contribution in [-0.4, -0.2) is 72.6 Å². The summed E-state index contributed by atoms with van der Waals surface area (Å²) in [6.45, 7) is 1.16. The Morgan fingerprint density at radius 2 is 2.00 bits per heavy atom. The van der Waals surface area contributed by atoms with E-state index >= 15 is 0 Å². The first-order valence-electron chi connectivity index (χ1n) is 6.71. The zero-order valence-corrected chi connectivity index (χ0v) is 12.0. The topological polar surface area (TPSA) is 87.2 Å². The molecule has 0 saturated carbocycles. The van der Waals surface area contributed by atoms with Gasteiger partial charge < -0.3 is 19.6 Å². The molecule has 20 heavy (non-hydrogen) atoms. The molecule has 1 saturated heterocycles. The van der Waals surface area contributed by atoms with Crippen molar-refractivity contribution in [1.82, 2.24) is 9.80 Å². The van der Waals surface area contributed by atoms with Crippen molar-refractivity contribution in [2.24, 2.45) is 0 Å². The molecule has 1 N–H and O–H groups in total. The predicted octanol–water partition coefficient (Wildman–Crippen LogP) is -0.0530. The molecule has 0 aromatic rings. The van der Waals surface area contributed by atoms with Crippen LogP contribution < -0.4 is 0 Å². The van der Waals surface area contributed by atoms with E-state index in [2.05, 4.69) is 0 Å². The van der Waals surface area contributed by atoms with Crippen LogP contribution in [0.5, 0.6) is 0 Å². The lowest BCUT2D eigenvalue weighted by Gasteiger charge is -2.32. The van der Waals surface area contributed by atoms with E-state index in [1.807, 2.05) is 0 Å². The number of carboxylic acids is 1. The van der Waals surface area contributed by atoms with Crippen molar-refractivity contribution in [2.75, 3.05) is 33.8 Å². The highest BCUT2D eigenvalue weighted by Crippen LogP contribution is 2.11. The van der Waals surface area contributed by atoms with Gasteiger partial charge in [0.05, 0.1) is 19.1 Å². The fraction of sp³-hybridized carbons (Fsp3) is 0.769. The van der Waals surface area contributed by atoms with Crippen molar-refractivity contribution < 1.29 is 24.2 Å². The smallest absolute Gasteiger partial charge is 0.306 e. The number of amides is 2. The van der Waals surface area contributed by atoms with E-state index in [-0.39, 0.29) is 18.2 Å². The summed E-state index contributed by atoms with van der Waals surface area (Å²) < 4.78 is 5.31. The highest BCUT2D eigenvalue weighted by Gasteiger charge is 2.25. The minimum Gasteiger partial charge on any atom is -0.481 e. The molecule has 1 unspecified atom stereocenters. The third-order valence-electron chi connectivity index (χ3n) is 3.17. The molecule has 1 fully saturated rings. The van der Waals surface area contributed by atoms with Crippen LogP contribution in [0.2, 0.25) is 0 Å². The Morgan fingerprint density at radius 3 is 2.60 bits per heavy atom. The maximum Gasteiger partial charge on any atom is 0.306 e. The number of aliphatic carboxylic acids is 1. The van der Waals surface area contributed by atoms with Crippen molar-refractivity contribution in [3.63, 3.8) is 0 Å². The number of ether oxygens (including phenoxy) is 1. The van der Waals surface area contributed by atoms with Crippen molar-refractivity contribution in [1.29, 1.82) is 0 Å². The monoisotopic (exact) mass is 286 g/mol. The summed E-state index contributed by atoms with van der Waals surface area (Å²) in [6, 6.07) is 0. The van der Waals surface area contributed by atoms with E-state index in [1.54, 1.807) is 19.0 Å². The van der Waals surface area contributed by atoms with Gasteiger partial charge in [0.25, 0.3) is 0 Å². The third kappa shape index (κ3) is 5.56. The molecule has 2 amide bonds. The molecule has 114 valence electrons. The molecule has 7 heteroatoms. The van der Waals surface area contributed by atoms with Gasteiger partial charge >= 0.3 is 5.97 Å². The van der Waals surface area contributed by atoms with Crippen LogP contribution in [0.25, 0.3) is 0 Å². The SMILES string of the molecule is CN(C)C(=O)CCCC(=O)N1CCOC(CC(=O)O)C1. The van der Waals surface area contributed by atoms with Crippen molar-refractivity contribution in [3.8, 4) is 0 Å². The van der Waals surface area contributed by atoms with Crippen LogP contribution in [0.1, 0.15) is 25.7 Å². The number of hydrogen-bond acceptors (Lipinski definition) is 4. The van der Waals surface area contributed by atoms with Gasteiger partial charge in [0, 0.05) is 40.0 Å². The van der Waals surface area contributed by atoms with Crippen molar-refractivity contribution in [3.05, 3.63) is 0 Å². The van der Waals surface area contributed by atoms with Gasteiger partial charge in [-0.25, -0.2) is 0 Å². The molecule has 1 rings (SSSR count). The lowest BCUT2D eigenvalue weighted by atomic mass is 10.1. The number of morpholine rings is 1. The van der Waals surface area contributed by atoms with E-state index in [0.717, 1.165) is 0 Å². The first-order chi connectivity index (χ1) is 9.40. The largest absolute Gasteiger partial charge is 0.481 e. The molecule has 1 aliphatic heterocycles. The molecule has 0 bridgehead atoms. The normalized spacial score (nSPS) is 18.7. The third-order valence-corrected chi connectivity index (χ3v) is 3.17. The van der Waals surface area contributed by atoms with E-state index in [9.17, 15) is 14.4 Å². The first kappa shape index (κ1) is 16.4. The predicted molar refractivity (Wildman–Crippen MR) is 71.1 cm³/mol. The summed E-state index contributed by atoms with van der Waals surface area (Å²) in [5, 5.41) is 8.72. The van der Waals surface area contributed by atoms with Gasteiger partial charge in [0.1, 0.15) is 0 Å². The molecular weight excluding hydrogens is 264 g/mol. The minimum atomic E-state index is -0.930. The van der Waals surface area contributed by atoms with Gasteiger partial charge in [-0.1, -0.05) is 0 Å². The Hall–Kier alpha value is -1.63. The number of rotatable bonds is 6. The molecule has 0 aliphatic carbocycles. The molecule has 7 nitrogen and oxygen atoms in total. The Morgan fingerprint density at radius 1 is 1.30 bits per heavy atom. The van der Waals surface area contributed by atoms with Crippen molar-refractivity contribution in [2.45, 2.75) is 31.8 Å². The van der Waals surface area contributed by atoms with Crippen LogP contribution in [0.4, 0.5) is 0 Å². The van der Waals surface area contributed by atoms with Gasteiger partial charge in [-0.05, 0) is 6.42 Å².